The first-order chi connectivity index (χ1) is 9.40. The van der Waals surface area contributed by atoms with Crippen molar-refractivity contribution in [1.82, 2.24) is 0 Å². The van der Waals surface area contributed by atoms with Crippen LogP contribution in [0.25, 0.3) is 5.57 Å². The van der Waals surface area contributed by atoms with Crippen molar-refractivity contribution in [2.75, 3.05) is 0 Å². The van der Waals surface area contributed by atoms with E-state index in [0.717, 1.165) is 6.07 Å². The van der Waals surface area contributed by atoms with Crippen LogP contribution in [0.1, 0.15) is 33.2 Å². The van der Waals surface area contributed by atoms with Crippen LogP contribution in [-0.2, 0) is 0 Å². The molecule has 1 aromatic carbocycles. The normalized spacial score (nSPS) is 10.5. The molecule has 0 bridgehead atoms. The largest absolute Gasteiger partial charge is 1.00 e. The van der Waals surface area contributed by atoms with Gasteiger partial charge in [-0.2, -0.15) is 0 Å². The summed E-state index contributed by atoms with van der Waals surface area (Å²) in [7, 11) is 0. The fourth-order valence-electron chi connectivity index (χ4n) is 1.67. The molecule has 8 heteroatoms. The summed E-state index contributed by atoms with van der Waals surface area (Å²) >= 11 is 0. The Bertz CT molecular complexity index is 636. The molecule has 5 nitrogen and oxygen atoms in total. The predicted molar refractivity (Wildman–Crippen MR) is 67.0 cm³/mol. The summed E-state index contributed by atoms with van der Waals surface area (Å²) in [5.74, 6) is -3.78. The first kappa shape index (κ1) is 28.0. The molecule has 0 saturated carbocycles. The van der Waals surface area contributed by atoms with Crippen molar-refractivity contribution in [3.8, 4) is 0 Å². The Morgan fingerprint density at radius 1 is 1.00 bits per heavy atom. The van der Waals surface area contributed by atoms with Gasteiger partial charge in [0, 0.05) is 11.1 Å². The van der Waals surface area contributed by atoms with Gasteiger partial charge in [0.25, 0.3) is 0 Å². The third-order valence-electron chi connectivity index (χ3n) is 2.65. The van der Waals surface area contributed by atoms with Crippen LogP contribution in [-0.4, -0.2) is 11.9 Å². The minimum atomic E-state index is -1.68. The Morgan fingerprint density at radius 2 is 1.52 bits per heavy atom. The number of hydrogen-bond donors (Lipinski definition) is 0. The fraction of sp³-hybridized carbons (Fsp3) is 0.0667. The summed E-state index contributed by atoms with van der Waals surface area (Å²) < 4.78 is 0. The zero-order valence-corrected chi connectivity index (χ0v) is 19.7. The number of aromatic carboxylic acids is 2. The number of carbonyl (C=O) groups is 2. The Labute approximate surface area is 201 Å². The van der Waals surface area contributed by atoms with Gasteiger partial charge in [-0.15, -0.1) is 5.76 Å². The van der Waals surface area contributed by atoms with E-state index < -0.39 is 28.8 Å². The molecular weight excluding hydrogens is 329 g/mol. The molecule has 0 atom stereocenters. The predicted octanol–water partition coefficient (Wildman–Crippen LogP) is -9.74. The van der Waals surface area contributed by atoms with Crippen molar-refractivity contribution in [3.63, 3.8) is 0 Å². The Balaban J connectivity index is -0.00000133. The van der Waals surface area contributed by atoms with Crippen LogP contribution in [0.2, 0.25) is 0 Å². The van der Waals surface area contributed by atoms with Crippen molar-refractivity contribution < 1.29 is 114 Å². The third-order valence-corrected chi connectivity index (χ3v) is 2.65. The molecule has 0 unspecified atom stereocenters. The summed E-state index contributed by atoms with van der Waals surface area (Å²) in [6.07, 6.45) is 3.99. The second-order valence-electron chi connectivity index (χ2n) is 3.89. The van der Waals surface area contributed by atoms with Crippen LogP contribution in [0.3, 0.4) is 0 Å². The molecule has 1 aromatic rings. The van der Waals surface area contributed by atoms with E-state index in [0.29, 0.717) is 0 Å². The minimum Gasteiger partial charge on any atom is -0.872 e. The van der Waals surface area contributed by atoms with Crippen molar-refractivity contribution >= 4 is 17.5 Å². The van der Waals surface area contributed by atoms with Gasteiger partial charge in [-0.25, -0.2) is 0 Å². The molecule has 0 heterocycles. The van der Waals surface area contributed by atoms with Gasteiger partial charge in [-0.05, 0) is 12.5 Å². The van der Waals surface area contributed by atoms with Gasteiger partial charge in [0.1, 0.15) is 0 Å². The van der Waals surface area contributed by atoms with Gasteiger partial charge in [0.2, 0.25) is 0 Å². The molecule has 0 saturated heterocycles. The molecule has 0 aliphatic heterocycles. The van der Waals surface area contributed by atoms with E-state index in [1.54, 1.807) is 0 Å². The van der Waals surface area contributed by atoms with Crippen molar-refractivity contribution in [2.24, 2.45) is 0 Å². The molecular formula is C15H11Na3O5. The monoisotopic (exact) mass is 340 g/mol. The number of hydrogen-bond acceptors (Lipinski definition) is 5. The smallest absolute Gasteiger partial charge is 0.872 e. The molecule has 104 valence electrons. The summed E-state index contributed by atoms with van der Waals surface area (Å²) in [5, 5.41) is 33.9. The van der Waals surface area contributed by atoms with E-state index >= 15 is 0 Å². The maximum atomic E-state index is 11.8. The van der Waals surface area contributed by atoms with Crippen molar-refractivity contribution in [2.45, 2.75) is 6.92 Å². The van der Waals surface area contributed by atoms with Gasteiger partial charge in [0.15, 0.2) is 0 Å². The van der Waals surface area contributed by atoms with Crippen LogP contribution < -0.4 is 104 Å². The molecule has 0 aliphatic carbocycles. The van der Waals surface area contributed by atoms with E-state index in [4.69, 9.17) is 0 Å². The second kappa shape index (κ2) is 13.5. The molecule has 0 spiro atoms. The van der Waals surface area contributed by atoms with Gasteiger partial charge in [-0.3, -0.25) is 0 Å². The Hall–Kier alpha value is 0.180. The summed E-state index contributed by atoms with van der Waals surface area (Å²) in [5.41, 5.74) is -1.01. The average molecular weight is 340 g/mol. The molecule has 0 aliphatic rings. The van der Waals surface area contributed by atoms with E-state index in [1.807, 2.05) is 0 Å². The SMILES string of the molecule is C=C/C=C\C([O-])=C(/C)c1cccc(C(=O)[O-])c1C(=O)[O-].[Na+].[Na+].[Na+]. The fourth-order valence-corrected chi connectivity index (χ4v) is 1.67. The molecule has 1 rings (SSSR count). The number of rotatable bonds is 5. The van der Waals surface area contributed by atoms with Crippen LogP contribution >= 0.6 is 0 Å². The second-order valence-corrected chi connectivity index (χ2v) is 3.89. The zero-order valence-electron chi connectivity index (χ0n) is 13.7. The van der Waals surface area contributed by atoms with E-state index in [1.165, 1.54) is 37.3 Å². The zero-order chi connectivity index (χ0) is 15.3. The van der Waals surface area contributed by atoms with Crippen molar-refractivity contribution in [3.05, 3.63) is 65.5 Å². The molecule has 0 radical (unpaired) electrons. The summed E-state index contributed by atoms with van der Waals surface area (Å²) in [4.78, 5) is 22.0. The molecule has 0 amide bonds. The number of allylic oxidation sites excluding steroid dienone is 4. The van der Waals surface area contributed by atoms with Gasteiger partial charge >= 0.3 is 88.7 Å². The maximum Gasteiger partial charge on any atom is 1.00 e. The average Bonchev–Trinajstić information content (AvgIpc) is 2.42. The minimum absolute atomic E-state index is 0. The number of carboxylic acids is 2. The molecule has 0 fully saturated rings. The maximum absolute atomic E-state index is 11.8. The summed E-state index contributed by atoms with van der Waals surface area (Å²) in [6, 6.07) is 3.76. The van der Waals surface area contributed by atoms with E-state index in [2.05, 4.69) is 6.58 Å². The van der Waals surface area contributed by atoms with Crippen molar-refractivity contribution in [1.29, 1.82) is 0 Å². The number of benzene rings is 1. The van der Waals surface area contributed by atoms with Crippen LogP contribution in [0, 0.1) is 0 Å². The Morgan fingerprint density at radius 3 is 1.96 bits per heavy atom. The number of carboxylic acid groups (broad SMARTS) is 2. The first-order valence-electron chi connectivity index (χ1n) is 5.63. The van der Waals surface area contributed by atoms with E-state index in [-0.39, 0.29) is 99.8 Å². The third kappa shape index (κ3) is 7.73. The first-order valence-corrected chi connectivity index (χ1v) is 5.63. The topological polar surface area (TPSA) is 103 Å². The standard InChI is InChI=1S/C15H14O5.3Na/c1-3-4-8-12(16)9(2)10-6-5-7-11(14(17)18)13(10)15(19)20;;;/h3-8,16H,1H2,2H3,(H,17,18)(H,19,20);;;/q;3*+1/p-3/b8-4-,12-9-;;;. The van der Waals surface area contributed by atoms with E-state index in [9.17, 15) is 24.9 Å². The van der Waals surface area contributed by atoms with Gasteiger partial charge in [0.05, 0.1) is 11.9 Å². The van der Waals surface area contributed by atoms with Gasteiger partial charge in [-0.1, -0.05) is 48.6 Å². The quantitative estimate of drug-likeness (QED) is 0.301. The Kier molecular flexibility index (Phi) is 16.4. The number of carbonyl (C=O) groups excluding carboxylic acids is 2. The molecule has 0 N–H and O–H groups in total. The molecule has 23 heavy (non-hydrogen) atoms. The van der Waals surface area contributed by atoms with Crippen LogP contribution in [0.4, 0.5) is 0 Å². The summed E-state index contributed by atoms with van der Waals surface area (Å²) in [6.45, 7) is 4.81. The van der Waals surface area contributed by atoms with Crippen LogP contribution in [0.5, 0.6) is 0 Å². The van der Waals surface area contributed by atoms with Gasteiger partial charge < -0.3 is 24.9 Å². The molecule has 0 aromatic heterocycles. The van der Waals surface area contributed by atoms with Crippen LogP contribution in [0.15, 0.2) is 48.8 Å².